The molecule has 0 saturated heterocycles. The third-order valence-corrected chi connectivity index (χ3v) is 2.98. The van der Waals surface area contributed by atoms with Gasteiger partial charge in [0, 0.05) is 6.08 Å². The zero-order valence-electron chi connectivity index (χ0n) is 11.6. The largest absolute Gasteiger partial charge is 0.394 e. The van der Waals surface area contributed by atoms with Crippen molar-refractivity contribution in [2.75, 3.05) is 6.61 Å². The second-order valence-corrected chi connectivity index (χ2v) is 5.43. The fraction of sp³-hybridized carbons (Fsp3) is 0.400. The van der Waals surface area contributed by atoms with Crippen molar-refractivity contribution in [3.8, 4) is 0 Å². The molecule has 1 aromatic carbocycles. The third kappa shape index (κ3) is 5.72. The van der Waals surface area contributed by atoms with Gasteiger partial charge in [0.1, 0.15) is 5.82 Å². The van der Waals surface area contributed by atoms with E-state index < -0.39 is 5.82 Å². The molecule has 0 heterocycles. The Morgan fingerprint density at radius 1 is 1.50 bits per heavy atom. The first kappa shape index (κ1) is 16.7. The van der Waals surface area contributed by atoms with Crippen LogP contribution in [0.1, 0.15) is 25.8 Å². The van der Waals surface area contributed by atoms with Crippen molar-refractivity contribution < 1.29 is 14.3 Å². The zero-order chi connectivity index (χ0) is 15.1. The van der Waals surface area contributed by atoms with Gasteiger partial charge in [0.25, 0.3) is 0 Å². The fourth-order valence-electron chi connectivity index (χ4n) is 1.79. The number of nitrogens with one attached hydrogen (secondary N) is 1. The minimum Gasteiger partial charge on any atom is -0.394 e. The molecule has 0 aliphatic carbocycles. The van der Waals surface area contributed by atoms with Gasteiger partial charge in [0.05, 0.1) is 17.7 Å². The van der Waals surface area contributed by atoms with Gasteiger partial charge in [-0.25, -0.2) is 4.39 Å². The summed E-state index contributed by atoms with van der Waals surface area (Å²) in [5.41, 5.74) is 0.635. The summed E-state index contributed by atoms with van der Waals surface area (Å²) in [6.45, 7) is 3.94. The smallest absolute Gasteiger partial charge is 0.244 e. The summed E-state index contributed by atoms with van der Waals surface area (Å²) in [5, 5.41) is 11.9. The van der Waals surface area contributed by atoms with Crippen molar-refractivity contribution in [3.05, 3.63) is 40.7 Å². The van der Waals surface area contributed by atoms with E-state index in [1.165, 1.54) is 24.3 Å². The number of hydrogen-bond donors (Lipinski definition) is 2. The predicted octanol–water partition coefficient (Wildman–Crippen LogP) is 3.02. The normalized spacial score (nSPS) is 12.9. The zero-order valence-corrected chi connectivity index (χ0v) is 12.3. The van der Waals surface area contributed by atoms with E-state index >= 15 is 0 Å². The highest BCUT2D eigenvalue weighted by Crippen LogP contribution is 2.16. The Morgan fingerprint density at radius 2 is 2.20 bits per heavy atom. The first-order valence-corrected chi connectivity index (χ1v) is 6.84. The van der Waals surface area contributed by atoms with Gasteiger partial charge >= 0.3 is 0 Å². The van der Waals surface area contributed by atoms with Gasteiger partial charge in [-0.1, -0.05) is 31.5 Å². The molecule has 1 aromatic rings. The summed E-state index contributed by atoms with van der Waals surface area (Å²) in [6, 6.07) is 3.96. The van der Waals surface area contributed by atoms with E-state index in [0.717, 1.165) is 0 Å². The molecule has 2 N–H and O–H groups in total. The molecule has 0 fully saturated rings. The van der Waals surface area contributed by atoms with Crippen LogP contribution >= 0.6 is 11.6 Å². The Morgan fingerprint density at radius 3 is 2.75 bits per heavy atom. The van der Waals surface area contributed by atoms with Crippen molar-refractivity contribution >= 4 is 23.6 Å². The highest BCUT2D eigenvalue weighted by atomic mass is 35.5. The summed E-state index contributed by atoms with van der Waals surface area (Å²) in [6.07, 6.45) is 3.59. The summed E-state index contributed by atoms with van der Waals surface area (Å²) in [7, 11) is 0. The lowest BCUT2D eigenvalue weighted by Gasteiger charge is -2.17. The predicted molar refractivity (Wildman–Crippen MR) is 78.9 cm³/mol. The van der Waals surface area contributed by atoms with E-state index in [0.29, 0.717) is 17.9 Å². The Balaban J connectivity index is 2.60. The molecule has 0 radical (unpaired) electrons. The molecule has 20 heavy (non-hydrogen) atoms. The van der Waals surface area contributed by atoms with Gasteiger partial charge in [-0.2, -0.15) is 0 Å². The van der Waals surface area contributed by atoms with Crippen LogP contribution in [-0.2, 0) is 4.79 Å². The van der Waals surface area contributed by atoms with Crippen LogP contribution in [0, 0.1) is 11.7 Å². The molecule has 0 spiro atoms. The molecular formula is C15H19ClFNO2. The minimum absolute atomic E-state index is 0.0144. The Labute approximate surface area is 123 Å². The molecule has 1 unspecified atom stereocenters. The Hall–Kier alpha value is -1.39. The second-order valence-electron chi connectivity index (χ2n) is 5.02. The maximum Gasteiger partial charge on any atom is 0.244 e. The van der Waals surface area contributed by atoms with Gasteiger partial charge in [-0.3, -0.25) is 4.79 Å². The van der Waals surface area contributed by atoms with E-state index in [4.69, 9.17) is 11.6 Å². The SMILES string of the molecule is CC(C)CC(CO)NC(=O)C=Cc1ccc(F)c(Cl)c1. The summed E-state index contributed by atoms with van der Waals surface area (Å²) in [5.74, 6) is -0.414. The lowest BCUT2D eigenvalue weighted by Crippen LogP contribution is -2.37. The Kier molecular flexibility index (Phi) is 6.68. The van der Waals surface area contributed by atoms with Crippen LogP contribution in [0.15, 0.2) is 24.3 Å². The number of aliphatic hydroxyl groups is 1. The fourth-order valence-corrected chi connectivity index (χ4v) is 1.97. The van der Waals surface area contributed by atoms with Gasteiger partial charge in [-0.05, 0) is 36.1 Å². The van der Waals surface area contributed by atoms with Crippen LogP contribution < -0.4 is 5.32 Å². The molecule has 0 aromatic heterocycles. The maximum absolute atomic E-state index is 13.0. The molecule has 1 amide bonds. The molecule has 1 atom stereocenters. The lowest BCUT2D eigenvalue weighted by molar-refractivity contribution is -0.117. The lowest BCUT2D eigenvalue weighted by atomic mass is 10.0. The van der Waals surface area contributed by atoms with Gasteiger partial charge < -0.3 is 10.4 Å². The monoisotopic (exact) mass is 299 g/mol. The second kappa shape index (κ2) is 8.02. The number of benzene rings is 1. The van der Waals surface area contributed by atoms with Crippen molar-refractivity contribution in [2.45, 2.75) is 26.3 Å². The molecule has 0 saturated carbocycles. The van der Waals surface area contributed by atoms with Crippen molar-refractivity contribution in [1.82, 2.24) is 5.32 Å². The number of carbonyl (C=O) groups is 1. The van der Waals surface area contributed by atoms with Crippen molar-refractivity contribution in [2.24, 2.45) is 5.92 Å². The number of rotatable bonds is 6. The molecule has 1 rings (SSSR count). The van der Waals surface area contributed by atoms with Crippen LogP contribution in [0.4, 0.5) is 4.39 Å². The summed E-state index contributed by atoms with van der Waals surface area (Å²) >= 11 is 5.65. The van der Waals surface area contributed by atoms with E-state index in [-0.39, 0.29) is 23.6 Å². The van der Waals surface area contributed by atoms with Gasteiger partial charge in [0.2, 0.25) is 5.91 Å². The van der Waals surface area contributed by atoms with E-state index in [1.54, 1.807) is 6.08 Å². The Bertz CT molecular complexity index is 489. The van der Waals surface area contributed by atoms with E-state index in [9.17, 15) is 14.3 Å². The van der Waals surface area contributed by atoms with E-state index in [1.807, 2.05) is 13.8 Å². The van der Waals surface area contributed by atoms with Crippen LogP contribution in [0.3, 0.4) is 0 Å². The number of carbonyl (C=O) groups excluding carboxylic acids is 1. The third-order valence-electron chi connectivity index (χ3n) is 2.69. The highest BCUT2D eigenvalue weighted by Gasteiger charge is 2.11. The summed E-state index contributed by atoms with van der Waals surface area (Å²) in [4.78, 5) is 11.7. The standard InChI is InChI=1S/C15H19ClFNO2/c1-10(2)7-12(9-19)18-15(20)6-4-11-3-5-14(17)13(16)8-11/h3-6,8,10,12,19H,7,9H2,1-2H3,(H,18,20). The molecule has 110 valence electrons. The molecular weight excluding hydrogens is 281 g/mol. The molecule has 0 bridgehead atoms. The first-order chi connectivity index (χ1) is 9.42. The van der Waals surface area contributed by atoms with Crippen LogP contribution in [0.2, 0.25) is 5.02 Å². The molecule has 3 nitrogen and oxygen atoms in total. The number of amides is 1. The highest BCUT2D eigenvalue weighted by molar-refractivity contribution is 6.30. The quantitative estimate of drug-likeness (QED) is 0.793. The van der Waals surface area contributed by atoms with Crippen molar-refractivity contribution in [3.63, 3.8) is 0 Å². The first-order valence-electron chi connectivity index (χ1n) is 6.47. The average Bonchev–Trinajstić information content (AvgIpc) is 2.39. The van der Waals surface area contributed by atoms with Gasteiger partial charge in [-0.15, -0.1) is 0 Å². The van der Waals surface area contributed by atoms with Crippen LogP contribution in [0.25, 0.3) is 6.08 Å². The topological polar surface area (TPSA) is 49.3 Å². The van der Waals surface area contributed by atoms with Gasteiger partial charge in [0.15, 0.2) is 0 Å². The average molecular weight is 300 g/mol. The number of hydrogen-bond acceptors (Lipinski definition) is 2. The van der Waals surface area contributed by atoms with Crippen LogP contribution in [-0.4, -0.2) is 23.7 Å². The maximum atomic E-state index is 13.0. The summed E-state index contributed by atoms with van der Waals surface area (Å²) < 4.78 is 13.0. The molecule has 0 aliphatic rings. The molecule has 0 aliphatic heterocycles. The minimum atomic E-state index is -0.495. The van der Waals surface area contributed by atoms with Crippen molar-refractivity contribution in [1.29, 1.82) is 0 Å². The van der Waals surface area contributed by atoms with Crippen LogP contribution in [0.5, 0.6) is 0 Å². The number of aliphatic hydroxyl groups excluding tert-OH is 1. The van der Waals surface area contributed by atoms with E-state index in [2.05, 4.69) is 5.32 Å². The molecule has 5 heteroatoms. The number of halogens is 2.